The lowest BCUT2D eigenvalue weighted by Crippen LogP contribution is -2.30. The average Bonchev–Trinajstić information content (AvgIpc) is 2.14. The number of benzene rings is 1. The van der Waals surface area contributed by atoms with Crippen LogP contribution in [-0.2, 0) is 6.18 Å². The lowest BCUT2D eigenvalue weighted by molar-refractivity contribution is -0.137. The number of nitrogens with two attached hydrogens (primary N) is 1. The summed E-state index contributed by atoms with van der Waals surface area (Å²) in [7, 11) is 0. The van der Waals surface area contributed by atoms with E-state index >= 15 is 0 Å². The van der Waals surface area contributed by atoms with Crippen LogP contribution >= 0.6 is 0 Å². The number of halogens is 3. The average molecular weight is 246 g/mol. The molecule has 1 aromatic carbocycles. The van der Waals surface area contributed by atoms with E-state index in [-0.39, 0.29) is 17.3 Å². The number of anilines is 1. The zero-order valence-electron chi connectivity index (χ0n) is 9.43. The van der Waals surface area contributed by atoms with Crippen LogP contribution in [0.2, 0.25) is 0 Å². The van der Waals surface area contributed by atoms with Gasteiger partial charge >= 0.3 is 6.18 Å². The Labute approximate surface area is 96.8 Å². The summed E-state index contributed by atoms with van der Waals surface area (Å²) >= 11 is 0. The van der Waals surface area contributed by atoms with Gasteiger partial charge in [0, 0.05) is 17.3 Å². The van der Waals surface area contributed by atoms with Crippen LogP contribution in [0.15, 0.2) is 18.2 Å². The van der Waals surface area contributed by atoms with E-state index in [1.165, 1.54) is 6.07 Å². The van der Waals surface area contributed by atoms with Crippen LogP contribution in [0.25, 0.3) is 0 Å². The van der Waals surface area contributed by atoms with Gasteiger partial charge in [-0.2, -0.15) is 13.2 Å². The van der Waals surface area contributed by atoms with E-state index in [4.69, 9.17) is 5.73 Å². The van der Waals surface area contributed by atoms with Gasteiger partial charge in [0.05, 0.1) is 5.56 Å². The number of rotatable bonds is 2. The Morgan fingerprint density at radius 1 is 1.29 bits per heavy atom. The van der Waals surface area contributed by atoms with Crippen molar-refractivity contribution in [1.29, 1.82) is 0 Å². The third kappa shape index (κ3) is 3.65. The summed E-state index contributed by atoms with van der Waals surface area (Å²) in [5.41, 5.74) is 4.24. The van der Waals surface area contributed by atoms with Crippen LogP contribution in [-0.4, -0.2) is 11.9 Å². The predicted octanol–water partition coefficient (Wildman–Crippen LogP) is 2.43. The first-order valence-corrected chi connectivity index (χ1v) is 4.99. The predicted molar refractivity (Wildman–Crippen MR) is 58.5 cm³/mol. The lowest BCUT2D eigenvalue weighted by atomic mass is 10.1. The molecule has 1 aromatic rings. The fraction of sp³-hybridized carbons (Fsp3) is 0.364. The number of nitrogen functional groups attached to an aromatic ring is 1. The molecule has 1 rings (SSSR count). The second-order valence-corrected chi connectivity index (χ2v) is 3.97. The van der Waals surface area contributed by atoms with Gasteiger partial charge in [-0.1, -0.05) is 0 Å². The molecule has 0 spiro atoms. The van der Waals surface area contributed by atoms with Crippen molar-refractivity contribution in [3.8, 4) is 0 Å². The summed E-state index contributed by atoms with van der Waals surface area (Å²) in [5, 5.41) is 2.50. The number of nitrogens with one attached hydrogen (secondary N) is 1. The van der Waals surface area contributed by atoms with E-state index < -0.39 is 17.6 Å². The molecule has 17 heavy (non-hydrogen) atoms. The molecule has 0 fully saturated rings. The van der Waals surface area contributed by atoms with Crippen LogP contribution in [0.5, 0.6) is 0 Å². The Morgan fingerprint density at radius 3 is 2.35 bits per heavy atom. The zero-order valence-corrected chi connectivity index (χ0v) is 9.43. The number of carbonyl (C=O) groups excluding carboxylic acids is 1. The maximum absolute atomic E-state index is 12.5. The number of alkyl halides is 3. The van der Waals surface area contributed by atoms with Gasteiger partial charge in [0.1, 0.15) is 0 Å². The van der Waals surface area contributed by atoms with Gasteiger partial charge in [0.25, 0.3) is 5.91 Å². The summed E-state index contributed by atoms with van der Waals surface area (Å²) in [5.74, 6) is -0.571. The van der Waals surface area contributed by atoms with Crippen molar-refractivity contribution in [2.45, 2.75) is 26.1 Å². The first-order chi connectivity index (χ1) is 7.70. The SMILES string of the molecule is CC(C)NC(=O)c1cc(N)cc(C(F)(F)F)c1. The molecule has 1 amide bonds. The molecule has 0 unspecified atom stereocenters. The highest BCUT2D eigenvalue weighted by molar-refractivity contribution is 5.95. The van der Waals surface area contributed by atoms with Crippen molar-refractivity contribution in [2.75, 3.05) is 5.73 Å². The molecule has 94 valence electrons. The minimum Gasteiger partial charge on any atom is -0.399 e. The Bertz CT molecular complexity index is 427. The number of hydrogen-bond acceptors (Lipinski definition) is 2. The van der Waals surface area contributed by atoms with E-state index in [0.29, 0.717) is 0 Å². The quantitative estimate of drug-likeness (QED) is 0.787. The van der Waals surface area contributed by atoms with Gasteiger partial charge in [-0.15, -0.1) is 0 Å². The molecular formula is C11H13F3N2O. The molecule has 0 bridgehead atoms. The summed E-state index contributed by atoms with van der Waals surface area (Å²) in [6.45, 7) is 3.43. The van der Waals surface area contributed by atoms with Crippen LogP contribution in [0, 0.1) is 0 Å². The minimum atomic E-state index is -4.51. The Hall–Kier alpha value is -1.72. The number of carbonyl (C=O) groups is 1. The minimum absolute atomic E-state index is 0.0891. The van der Waals surface area contributed by atoms with Crippen LogP contribution in [0.4, 0.5) is 18.9 Å². The molecule has 0 aliphatic heterocycles. The highest BCUT2D eigenvalue weighted by Gasteiger charge is 2.31. The first-order valence-electron chi connectivity index (χ1n) is 4.99. The molecule has 0 atom stereocenters. The highest BCUT2D eigenvalue weighted by Crippen LogP contribution is 2.31. The monoisotopic (exact) mass is 246 g/mol. The van der Waals surface area contributed by atoms with Gasteiger partial charge in [0.2, 0.25) is 0 Å². The van der Waals surface area contributed by atoms with Crippen LogP contribution < -0.4 is 11.1 Å². The molecule has 3 nitrogen and oxygen atoms in total. The van der Waals surface area contributed by atoms with Gasteiger partial charge in [-0.05, 0) is 32.0 Å². The van der Waals surface area contributed by atoms with E-state index in [1.807, 2.05) is 0 Å². The van der Waals surface area contributed by atoms with Crippen molar-refractivity contribution >= 4 is 11.6 Å². The largest absolute Gasteiger partial charge is 0.416 e. The smallest absolute Gasteiger partial charge is 0.399 e. The zero-order chi connectivity index (χ0) is 13.2. The van der Waals surface area contributed by atoms with E-state index in [1.54, 1.807) is 13.8 Å². The first kappa shape index (κ1) is 13.3. The van der Waals surface area contributed by atoms with E-state index in [0.717, 1.165) is 12.1 Å². The summed E-state index contributed by atoms with van der Waals surface area (Å²) in [4.78, 5) is 11.6. The second-order valence-electron chi connectivity index (χ2n) is 3.97. The Balaban J connectivity index is 3.10. The van der Waals surface area contributed by atoms with Gasteiger partial charge in [0.15, 0.2) is 0 Å². The third-order valence-electron chi connectivity index (χ3n) is 1.96. The maximum Gasteiger partial charge on any atom is 0.416 e. The van der Waals surface area contributed by atoms with E-state index in [2.05, 4.69) is 5.32 Å². The number of hydrogen-bond donors (Lipinski definition) is 2. The maximum atomic E-state index is 12.5. The third-order valence-corrected chi connectivity index (χ3v) is 1.96. The van der Waals surface area contributed by atoms with E-state index in [9.17, 15) is 18.0 Å². The standard InChI is InChI=1S/C11H13F3N2O/c1-6(2)16-10(17)7-3-8(11(12,13)14)5-9(15)4-7/h3-6H,15H2,1-2H3,(H,16,17). The molecule has 0 radical (unpaired) electrons. The molecule has 3 N–H and O–H groups in total. The highest BCUT2D eigenvalue weighted by atomic mass is 19.4. The normalized spacial score (nSPS) is 11.6. The van der Waals surface area contributed by atoms with Crippen molar-refractivity contribution in [3.63, 3.8) is 0 Å². The van der Waals surface area contributed by atoms with Crippen LogP contribution in [0.3, 0.4) is 0 Å². The second kappa shape index (κ2) is 4.65. The topological polar surface area (TPSA) is 55.1 Å². The summed E-state index contributed by atoms with van der Waals surface area (Å²) < 4.78 is 37.5. The molecule has 0 aliphatic carbocycles. The van der Waals surface area contributed by atoms with Crippen molar-refractivity contribution in [1.82, 2.24) is 5.32 Å². The summed E-state index contributed by atoms with van der Waals surface area (Å²) in [6.07, 6.45) is -4.51. The van der Waals surface area contributed by atoms with Gasteiger partial charge in [-0.3, -0.25) is 4.79 Å². The molecule has 0 aliphatic rings. The van der Waals surface area contributed by atoms with Crippen molar-refractivity contribution < 1.29 is 18.0 Å². The molecular weight excluding hydrogens is 233 g/mol. The lowest BCUT2D eigenvalue weighted by Gasteiger charge is -2.12. The molecule has 0 aromatic heterocycles. The van der Waals surface area contributed by atoms with Crippen LogP contribution in [0.1, 0.15) is 29.8 Å². The molecule has 6 heteroatoms. The van der Waals surface area contributed by atoms with Gasteiger partial charge in [-0.25, -0.2) is 0 Å². The van der Waals surface area contributed by atoms with Crippen molar-refractivity contribution in [2.24, 2.45) is 0 Å². The van der Waals surface area contributed by atoms with Crippen molar-refractivity contribution in [3.05, 3.63) is 29.3 Å². The van der Waals surface area contributed by atoms with Gasteiger partial charge < -0.3 is 11.1 Å². The fourth-order valence-electron chi connectivity index (χ4n) is 1.29. The molecule has 0 heterocycles. The molecule has 0 saturated carbocycles. The fourth-order valence-corrected chi connectivity index (χ4v) is 1.29. The molecule has 0 saturated heterocycles. The summed E-state index contributed by atoms with van der Waals surface area (Å²) in [6, 6.07) is 2.64. The Kier molecular flexibility index (Phi) is 3.65. The number of amides is 1. The Morgan fingerprint density at radius 2 is 1.88 bits per heavy atom.